The Morgan fingerprint density at radius 2 is 1.67 bits per heavy atom. The topological polar surface area (TPSA) is 38.7 Å². The average Bonchev–Trinajstić information content (AvgIpc) is 2.47. The van der Waals surface area contributed by atoms with Crippen LogP contribution >= 0.6 is 38.5 Å². The lowest BCUT2D eigenvalue weighted by atomic mass is 9.87. The number of benzene rings is 2. The second-order valence-electron chi connectivity index (χ2n) is 4.74. The molecule has 1 atom stereocenters. The predicted molar refractivity (Wildman–Crippen MR) is 95.1 cm³/mol. The Hall–Kier alpha value is -0.790. The van der Waals surface area contributed by atoms with Gasteiger partial charge >= 0.3 is 0 Å². The highest BCUT2D eigenvalue weighted by atomic mass is 127. The molecular formula is C16H16BrIO3. The van der Waals surface area contributed by atoms with E-state index in [1.807, 2.05) is 36.4 Å². The van der Waals surface area contributed by atoms with Crippen LogP contribution in [-0.2, 0) is 5.60 Å². The molecule has 1 unspecified atom stereocenters. The van der Waals surface area contributed by atoms with Crippen LogP contribution in [0.1, 0.15) is 18.1 Å². The van der Waals surface area contributed by atoms with Crippen molar-refractivity contribution in [3.8, 4) is 11.5 Å². The minimum absolute atomic E-state index is 0.568. The summed E-state index contributed by atoms with van der Waals surface area (Å²) >= 11 is 5.70. The van der Waals surface area contributed by atoms with Crippen LogP contribution in [-0.4, -0.2) is 19.3 Å². The molecule has 2 rings (SSSR count). The molecule has 2 aromatic rings. The van der Waals surface area contributed by atoms with Crippen LogP contribution in [0.5, 0.6) is 11.5 Å². The van der Waals surface area contributed by atoms with Crippen molar-refractivity contribution in [2.24, 2.45) is 0 Å². The normalized spacial score (nSPS) is 13.6. The smallest absolute Gasteiger partial charge is 0.143 e. The fourth-order valence-electron chi connectivity index (χ4n) is 2.21. The Morgan fingerprint density at radius 1 is 1.05 bits per heavy atom. The fraction of sp³-hybridized carbons (Fsp3) is 0.250. The highest BCUT2D eigenvalue weighted by molar-refractivity contribution is 14.1. The lowest BCUT2D eigenvalue weighted by molar-refractivity contribution is 0.0987. The number of aliphatic hydroxyl groups is 1. The third-order valence-electron chi connectivity index (χ3n) is 3.42. The summed E-state index contributed by atoms with van der Waals surface area (Å²) in [6.07, 6.45) is 0. The molecule has 0 amide bonds. The maximum Gasteiger partial charge on any atom is 0.143 e. The van der Waals surface area contributed by atoms with E-state index >= 15 is 0 Å². The van der Waals surface area contributed by atoms with Gasteiger partial charge in [-0.05, 0) is 75.3 Å². The van der Waals surface area contributed by atoms with Gasteiger partial charge in [-0.25, -0.2) is 0 Å². The number of ether oxygens (including phenoxy) is 2. The van der Waals surface area contributed by atoms with Crippen LogP contribution in [0.2, 0.25) is 0 Å². The van der Waals surface area contributed by atoms with Crippen LogP contribution in [0, 0.1) is 3.57 Å². The van der Waals surface area contributed by atoms with Crippen molar-refractivity contribution in [2.45, 2.75) is 12.5 Å². The monoisotopic (exact) mass is 462 g/mol. The maximum absolute atomic E-state index is 11.0. The molecule has 0 fully saturated rings. The summed E-state index contributed by atoms with van der Waals surface area (Å²) in [6, 6.07) is 11.4. The molecule has 5 heteroatoms. The first-order valence-corrected chi connectivity index (χ1v) is 8.18. The van der Waals surface area contributed by atoms with E-state index in [0.29, 0.717) is 21.5 Å². The molecule has 1 N–H and O–H groups in total. The van der Waals surface area contributed by atoms with E-state index in [9.17, 15) is 5.11 Å². The zero-order chi connectivity index (χ0) is 15.6. The molecule has 21 heavy (non-hydrogen) atoms. The number of rotatable bonds is 4. The Bertz CT molecular complexity index is 639. The minimum Gasteiger partial charge on any atom is -0.495 e. The van der Waals surface area contributed by atoms with Gasteiger partial charge in [0.1, 0.15) is 21.6 Å². The van der Waals surface area contributed by atoms with Crippen molar-refractivity contribution < 1.29 is 14.6 Å². The molecular weight excluding hydrogens is 447 g/mol. The van der Waals surface area contributed by atoms with Crippen molar-refractivity contribution in [2.75, 3.05) is 14.2 Å². The largest absolute Gasteiger partial charge is 0.495 e. The van der Waals surface area contributed by atoms with Crippen LogP contribution in [0.25, 0.3) is 0 Å². The molecule has 0 aliphatic carbocycles. The van der Waals surface area contributed by atoms with Crippen molar-refractivity contribution in [1.82, 2.24) is 0 Å². The van der Waals surface area contributed by atoms with Gasteiger partial charge in [0.25, 0.3) is 0 Å². The molecule has 0 aliphatic rings. The Kier molecular flexibility index (Phi) is 5.16. The SMILES string of the molecule is COc1ccc(C(C)(O)c2ccc(I)cc2)c(OC)c1Br. The standard InChI is InChI=1S/C16H16BrIO3/c1-16(19,10-4-6-11(18)7-5-10)12-8-9-13(20-2)14(17)15(12)21-3/h4-9,19H,1-3H3. The molecule has 0 saturated carbocycles. The number of methoxy groups -OCH3 is 2. The van der Waals surface area contributed by atoms with Gasteiger partial charge in [0.2, 0.25) is 0 Å². The van der Waals surface area contributed by atoms with Crippen molar-refractivity contribution in [3.63, 3.8) is 0 Å². The fourth-order valence-corrected chi connectivity index (χ4v) is 3.24. The first-order chi connectivity index (χ1) is 9.91. The Balaban J connectivity index is 2.59. The number of hydrogen-bond acceptors (Lipinski definition) is 3. The predicted octanol–water partition coefficient (Wildman–Crippen LogP) is 4.33. The van der Waals surface area contributed by atoms with Gasteiger partial charge in [0, 0.05) is 9.13 Å². The summed E-state index contributed by atoms with van der Waals surface area (Å²) in [6.45, 7) is 1.76. The van der Waals surface area contributed by atoms with E-state index in [2.05, 4.69) is 38.5 Å². The summed E-state index contributed by atoms with van der Waals surface area (Å²) < 4.78 is 12.5. The van der Waals surface area contributed by atoms with E-state index in [0.717, 1.165) is 9.13 Å². The lowest BCUT2D eigenvalue weighted by Gasteiger charge is -2.27. The first kappa shape index (κ1) is 16.6. The van der Waals surface area contributed by atoms with E-state index in [-0.39, 0.29) is 0 Å². The van der Waals surface area contributed by atoms with E-state index in [4.69, 9.17) is 9.47 Å². The summed E-state index contributed by atoms with van der Waals surface area (Å²) in [5, 5.41) is 11.0. The van der Waals surface area contributed by atoms with Gasteiger partial charge < -0.3 is 14.6 Å². The van der Waals surface area contributed by atoms with Gasteiger partial charge in [-0.15, -0.1) is 0 Å². The first-order valence-electron chi connectivity index (χ1n) is 6.31. The van der Waals surface area contributed by atoms with E-state index in [1.54, 1.807) is 21.1 Å². The number of halogens is 2. The van der Waals surface area contributed by atoms with Gasteiger partial charge in [-0.2, -0.15) is 0 Å². The summed E-state index contributed by atoms with van der Waals surface area (Å²) in [7, 11) is 3.17. The Labute approximate surface area is 146 Å². The molecule has 0 radical (unpaired) electrons. The highest BCUT2D eigenvalue weighted by Crippen LogP contribution is 2.43. The molecule has 0 aliphatic heterocycles. The molecule has 0 bridgehead atoms. The third-order valence-corrected chi connectivity index (χ3v) is 4.89. The van der Waals surface area contributed by atoms with Gasteiger partial charge in [-0.1, -0.05) is 12.1 Å². The van der Waals surface area contributed by atoms with Gasteiger partial charge in [0.15, 0.2) is 0 Å². The van der Waals surface area contributed by atoms with Crippen LogP contribution < -0.4 is 9.47 Å². The summed E-state index contributed by atoms with van der Waals surface area (Å²) in [5.41, 5.74) is 0.321. The lowest BCUT2D eigenvalue weighted by Crippen LogP contribution is -2.23. The zero-order valence-electron chi connectivity index (χ0n) is 12.0. The van der Waals surface area contributed by atoms with Crippen molar-refractivity contribution in [3.05, 3.63) is 55.6 Å². The zero-order valence-corrected chi connectivity index (χ0v) is 15.7. The molecule has 0 spiro atoms. The van der Waals surface area contributed by atoms with Crippen molar-refractivity contribution in [1.29, 1.82) is 0 Å². The second-order valence-corrected chi connectivity index (χ2v) is 6.78. The molecule has 3 nitrogen and oxygen atoms in total. The summed E-state index contributed by atoms with van der Waals surface area (Å²) in [4.78, 5) is 0. The quantitative estimate of drug-likeness (QED) is 0.687. The van der Waals surface area contributed by atoms with E-state index in [1.165, 1.54) is 0 Å². The van der Waals surface area contributed by atoms with Crippen LogP contribution in [0.4, 0.5) is 0 Å². The molecule has 2 aromatic carbocycles. The Morgan fingerprint density at radius 3 is 2.19 bits per heavy atom. The van der Waals surface area contributed by atoms with Gasteiger partial charge in [-0.3, -0.25) is 0 Å². The second kappa shape index (κ2) is 6.54. The number of hydrogen-bond donors (Lipinski definition) is 1. The summed E-state index contributed by atoms with van der Waals surface area (Å²) in [5.74, 6) is 1.23. The van der Waals surface area contributed by atoms with Crippen molar-refractivity contribution >= 4 is 38.5 Å². The highest BCUT2D eigenvalue weighted by Gasteiger charge is 2.31. The van der Waals surface area contributed by atoms with Crippen LogP contribution in [0.3, 0.4) is 0 Å². The molecule has 0 heterocycles. The third kappa shape index (κ3) is 3.19. The van der Waals surface area contributed by atoms with Crippen LogP contribution in [0.15, 0.2) is 40.9 Å². The minimum atomic E-state index is -1.16. The maximum atomic E-state index is 11.0. The van der Waals surface area contributed by atoms with E-state index < -0.39 is 5.60 Å². The average molecular weight is 463 g/mol. The molecule has 0 aromatic heterocycles. The van der Waals surface area contributed by atoms with Gasteiger partial charge in [0.05, 0.1) is 14.2 Å². The molecule has 0 saturated heterocycles. The molecule has 112 valence electrons.